The van der Waals surface area contributed by atoms with Gasteiger partial charge in [0.15, 0.2) is 5.82 Å². The lowest BCUT2D eigenvalue weighted by Crippen LogP contribution is -2.32. The number of aliphatic hydroxyl groups excluding tert-OH is 1. The van der Waals surface area contributed by atoms with E-state index >= 15 is 0 Å². The molecule has 0 fully saturated rings. The number of anilines is 1. The van der Waals surface area contributed by atoms with Crippen LogP contribution in [0.25, 0.3) is 11.4 Å². The topological polar surface area (TPSA) is 58.0 Å². The minimum absolute atomic E-state index is 0.105. The average Bonchev–Trinajstić information content (AvgIpc) is 3.05. The number of nitrogens with zero attached hydrogens (tertiary/aromatic N) is 2. The Bertz CT molecular complexity index is 730. The molecule has 0 saturated heterocycles. The molecule has 2 N–H and O–H groups in total. The number of aliphatic hydroxyl groups is 1. The van der Waals surface area contributed by atoms with Gasteiger partial charge in [0.1, 0.15) is 0 Å². The first-order valence-electron chi connectivity index (χ1n) is 7.60. The van der Waals surface area contributed by atoms with Gasteiger partial charge in [0, 0.05) is 23.5 Å². The summed E-state index contributed by atoms with van der Waals surface area (Å²) < 4.78 is 4.37. The van der Waals surface area contributed by atoms with Crippen molar-refractivity contribution in [1.82, 2.24) is 9.36 Å². The van der Waals surface area contributed by atoms with Gasteiger partial charge in [-0.05, 0) is 12.5 Å². The molecule has 0 radical (unpaired) electrons. The second-order valence-corrected chi connectivity index (χ2v) is 6.23. The molecule has 3 rings (SSSR count). The third kappa shape index (κ3) is 4.15. The monoisotopic (exact) mass is 325 g/mol. The summed E-state index contributed by atoms with van der Waals surface area (Å²) in [6, 6.07) is 19.8. The molecule has 1 heterocycles. The van der Waals surface area contributed by atoms with Crippen molar-refractivity contribution >= 4 is 16.7 Å². The summed E-state index contributed by atoms with van der Waals surface area (Å²) in [5, 5.41) is 14.3. The molecule has 0 aliphatic carbocycles. The van der Waals surface area contributed by atoms with Crippen molar-refractivity contribution in [2.24, 2.45) is 0 Å². The molecular formula is C18H19N3OS. The number of benzene rings is 2. The summed E-state index contributed by atoms with van der Waals surface area (Å²) in [7, 11) is 0. The van der Waals surface area contributed by atoms with Gasteiger partial charge in [0.05, 0.1) is 12.1 Å². The molecule has 0 bridgehead atoms. The van der Waals surface area contributed by atoms with Crippen LogP contribution in [0.2, 0.25) is 0 Å². The van der Waals surface area contributed by atoms with Crippen molar-refractivity contribution in [3.05, 3.63) is 66.2 Å². The van der Waals surface area contributed by atoms with Crippen molar-refractivity contribution < 1.29 is 5.11 Å². The molecule has 2 unspecified atom stereocenters. The van der Waals surface area contributed by atoms with Gasteiger partial charge in [-0.1, -0.05) is 60.7 Å². The quantitative estimate of drug-likeness (QED) is 0.727. The zero-order valence-electron chi connectivity index (χ0n) is 12.9. The van der Waals surface area contributed by atoms with Gasteiger partial charge in [-0.25, -0.2) is 0 Å². The van der Waals surface area contributed by atoms with Crippen LogP contribution in [-0.2, 0) is 6.42 Å². The number of rotatable bonds is 6. The van der Waals surface area contributed by atoms with E-state index in [4.69, 9.17) is 0 Å². The molecule has 0 aliphatic rings. The average molecular weight is 325 g/mol. The predicted octanol–water partition coefficient (Wildman–Crippen LogP) is 3.61. The lowest BCUT2D eigenvalue weighted by atomic mass is 10.0. The van der Waals surface area contributed by atoms with Crippen LogP contribution in [0.15, 0.2) is 60.7 Å². The van der Waals surface area contributed by atoms with E-state index in [0.29, 0.717) is 12.2 Å². The number of aromatic nitrogens is 2. The van der Waals surface area contributed by atoms with Gasteiger partial charge in [-0.3, -0.25) is 0 Å². The van der Waals surface area contributed by atoms with Gasteiger partial charge < -0.3 is 10.4 Å². The van der Waals surface area contributed by atoms with Crippen LogP contribution in [0.1, 0.15) is 12.5 Å². The highest BCUT2D eigenvalue weighted by Crippen LogP contribution is 2.21. The van der Waals surface area contributed by atoms with E-state index in [9.17, 15) is 5.11 Å². The highest BCUT2D eigenvalue weighted by molar-refractivity contribution is 7.09. The maximum atomic E-state index is 10.4. The summed E-state index contributed by atoms with van der Waals surface area (Å²) in [6.07, 6.45) is 0.126. The Hall–Kier alpha value is -2.24. The Morgan fingerprint density at radius 3 is 2.39 bits per heavy atom. The molecule has 3 aromatic rings. The smallest absolute Gasteiger partial charge is 0.203 e. The second kappa shape index (κ2) is 7.35. The first-order valence-corrected chi connectivity index (χ1v) is 8.37. The number of hydrogen-bond donors (Lipinski definition) is 2. The normalized spacial score (nSPS) is 13.5. The van der Waals surface area contributed by atoms with Crippen LogP contribution in [0.5, 0.6) is 0 Å². The van der Waals surface area contributed by atoms with Crippen LogP contribution < -0.4 is 5.32 Å². The van der Waals surface area contributed by atoms with E-state index in [-0.39, 0.29) is 6.04 Å². The fraction of sp³-hybridized carbons (Fsp3) is 0.222. The predicted molar refractivity (Wildman–Crippen MR) is 94.6 cm³/mol. The van der Waals surface area contributed by atoms with Crippen LogP contribution in [0, 0.1) is 0 Å². The summed E-state index contributed by atoms with van der Waals surface area (Å²) >= 11 is 1.31. The van der Waals surface area contributed by atoms with Gasteiger partial charge in [0.2, 0.25) is 5.13 Å². The minimum atomic E-state index is -0.485. The van der Waals surface area contributed by atoms with Gasteiger partial charge in [0.25, 0.3) is 0 Å². The highest BCUT2D eigenvalue weighted by Gasteiger charge is 2.16. The summed E-state index contributed by atoms with van der Waals surface area (Å²) in [5.74, 6) is 0.711. The van der Waals surface area contributed by atoms with Crippen molar-refractivity contribution in [3.8, 4) is 11.4 Å². The molecule has 1 aromatic heterocycles. The molecule has 118 valence electrons. The fourth-order valence-corrected chi connectivity index (χ4v) is 2.99. The second-order valence-electron chi connectivity index (χ2n) is 5.48. The largest absolute Gasteiger partial charge is 0.391 e. The van der Waals surface area contributed by atoms with E-state index in [2.05, 4.69) is 14.7 Å². The Balaban J connectivity index is 1.62. The van der Waals surface area contributed by atoms with E-state index in [1.807, 2.05) is 67.6 Å². The fourth-order valence-electron chi connectivity index (χ4n) is 2.31. The molecule has 5 heteroatoms. The van der Waals surface area contributed by atoms with Crippen LogP contribution >= 0.6 is 11.5 Å². The van der Waals surface area contributed by atoms with E-state index in [1.165, 1.54) is 11.5 Å². The third-order valence-corrected chi connectivity index (χ3v) is 4.32. The molecule has 0 spiro atoms. The Kier molecular flexibility index (Phi) is 5.00. The summed E-state index contributed by atoms with van der Waals surface area (Å²) in [5.41, 5.74) is 2.12. The maximum Gasteiger partial charge on any atom is 0.203 e. The first-order chi connectivity index (χ1) is 11.2. The van der Waals surface area contributed by atoms with Gasteiger partial charge in [-0.2, -0.15) is 9.36 Å². The first kappa shape index (κ1) is 15.6. The summed E-state index contributed by atoms with van der Waals surface area (Å²) in [4.78, 5) is 4.50. The van der Waals surface area contributed by atoms with Gasteiger partial charge in [-0.15, -0.1) is 0 Å². The Labute approximate surface area is 140 Å². The van der Waals surface area contributed by atoms with Crippen molar-refractivity contribution in [3.63, 3.8) is 0 Å². The van der Waals surface area contributed by atoms with Crippen molar-refractivity contribution in [2.75, 3.05) is 5.32 Å². The van der Waals surface area contributed by atoms with Crippen molar-refractivity contribution in [2.45, 2.75) is 25.5 Å². The molecule has 4 nitrogen and oxygen atoms in total. The van der Waals surface area contributed by atoms with Crippen LogP contribution in [-0.4, -0.2) is 26.6 Å². The third-order valence-electron chi connectivity index (χ3n) is 3.67. The lowest BCUT2D eigenvalue weighted by Gasteiger charge is -2.19. The van der Waals surface area contributed by atoms with Crippen LogP contribution in [0.4, 0.5) is 5.13 Å². The zero-order chi connectivity index (χ0) is 16.1. The molecular weight excluding hydrogens is 306 g/mol. The van der Waals surface area contributed by atoms with E-state index in [1.54, 1.807) is 0 Å². The SMILES string of the molecule is CC(Nc1nc(-c2ccccc2)ns1)C(O)Cc1ccccc1. The maximum absolute atomic E-state index is 10.4. The standard InChI is InChI=1S/C18H19N3OS/c1-13(16(22)12-14-8-4-2-5-9-14)19-18-20-17(21-23-18)15-10-6-3-7-11-15/h2-11,13,16,22H,12H2,1H3,(H,19,20,21). The van der Waals surface area contributed by atoms with E-state index in [0.717, 1.165) is 16.3 Å². The molecule has 0 aliphatic heterocycles. The number of hydrogen-bond acceptors (Lipinski definition) is 5. The summed E-state index contributed by atoms with van der Waals surface area (Å²) in [6.45, 7) is 1.96. The molecule has 0 amide bonds. The zero-order valence-corrected chi connectivity index (χ0v) is 13.7. The Morgan fingerprint density at radius 1 is 1.04 bits per heavy atom. The lowest BCUT2D eigenvalue weighted by molar-refractivity contribution is 0.158. The minimum Gasteiger partial charge on any atom is -0.391 e. The van der Waals surface area contributed by atoms with Gasteiger partial charge >= 0.3 is 0 Å². The van der Waals surface area contributed by atoms with Crippen molar-refractivity contribution in [1.29, 1.82) is 0 Å². The van der Waals surface area contributed by atoms with E-state index < -0.39 is 6.10 Å². The Morgan fingerprint density at radius 2 is 1.70 bits per heavy atom. The molecule has 0 saturated carbocycles. The molecule has 2 aromatic carbocycles. The molecule has 23 heavy (non-hydrogen) atoms. The molecule has 2 atom stereocenters. The van der Waals surface area contributed by atoms with Crippen LogP contribution in [0.3, 0.4) is 0 Å². The number of nitrogens with one attached hydrogen (secondary N) is 1. The highest BCUT2D eigenvalue weighted by atomic mass is 32.1.